The zero-order valence-corrected chi connectivity index (χ0v) is 12.0. The van der Waals surface area contributed by atoms with Crippen LogP contribution in [0.4, 0.5) is 0 Å². The lowest BCUT2D eigenvalue weighted by Gasteiger charge is -2.39. The summed E-state index contributed by atoms with van der Waals surface area (Å²) in [4.78, 5) is 11.6. The summed E-state index contributed by atoms with van der Waals surface area (Å²) < 4.78 is 9.85. The summed E-state index contributed by atoms with van der Waals surface area (Å²) in [6.07, 6.45) is -13.5. The summed E-state index contributed by atoms with van der Waals surface area (Å²) in [6, 6.07) is 0. The molecular formula is C12H22O11. The number of hydrogen-bond acceptors (Lipinski definition) is 11. The van der Waals surface area contributed by atoms with Gasteiger partial charge in [0.15, 0.2) is 12.1 Å². The van der Waals surface area contributed by atoms with E-state index in [4.69, 9.17) is 24.8 Å². The van der Waals surface area contributed by atoms with Crippen LogP contribution in [0.15, 0.2) is 0 Å². The summed E-state index contributed by atoms with van der Waals surface area (Å²) in [5, 5.41) is 74.4. The number of carbonyl (C=O) groups excluding carboxylic acids is 1. The molecule has 0 aromatic heterocycles. The minimum absolute atomic E-state index is 0.678. The largest absolute Gasteiger partial charge is 0.394 e. The van der Waals surface area contributed by atoms with Gasteiger partial charge in [-0.1, -0.05) is 0 Å². The number of rotatable bonds is 8. The standard InChI is InChI=1S/C12H22O11/c13-1-4(15)7(17)8(18)5(16)3-22-12-11(21)10(20)9(19)6(2-14)23-12/h4,6-15,17-21H,1-3H2/t4?,6-,7?,8?,9-,10+,11-,12-/m1/s1. The molecule has 1 aliphatic rings. The second-order valence-electron chi connectivity index (χ2n) is 5.16. The Bertz CT molecular complexity index is 376. The quantitative estimate of drug-likeness (QED) is 0.209. The van der Waals surface area contributed by atoms with Crippen LogP contribution in [-0.2, 0) is 14.3 Å². The van der Waals surface area contributed by atoms with Crippen LogP contribution in [0.5, 0.6) is 0 Å². The summed E-state index contributed by atoms with van der Waals surface area (Å²) >= 11 is 0. The minimum atomic E-state index is -2.05. The maximum atomic E-state index is 11.6. The van der Waals surface area contributed by atoms with Crippen molar-refractivity contribution in [1.29, 1.82) is 0 Å². The molecule has 136 valence electrons. The van der Waals surface area contributed by atoms with E-state index in [9.17, 15) is 30.3 Å². The number of ketones is 1. The van der Waals surface area contributed by atoms with Crippen molar-refractivity contribution in [2.24, 2.45) is 0 Å². The van der Waals surface area contributed by atoms with Crippen LogP contribution in [0.25, 0.3) is 0 Å². The van der Waals surface area contributed by atoms with E-state index >= 15 is 0 Å². The van der Waals surface area contributed by atoms with E-state index < -0.39 is 74.6 Å². The topological polar surface area (TPSA) is 197 Å². The molecule has 1 saturated heterocycles. The average molecular weight is 342 g/mol. The molecule has 0 saturated carbocycles. The normalized spacial score (nSPS) is 35.6. The molecule has 3 unspecified atom stereocenters. The fourth-order valence-electron chi connectivity index (χ4n) is 1.96. The highest BCUT2D eigenvalue weighted by Crippen LogP contribution is 2.22. The Balaban J connectivity index is 2.57. The fraction of sp³-hybridized carbons (Fsp3) is 0.917. The highest BCUT2D eigenvalue weighted by atomic mass is 16.7. The molecule has 1 heterocycles. The van der Waals surface area contributed by atoms with Crippen molar-refractivity contribution in [3.8, 4) is 0 Å². The van der Waals surface area contributed by atoms with Gasteiger partial charge in [-0.3, -0.25) is 4.79 Å². The van der Waals surface area contributed by atoms with Crippen LogP contribution < -0.4 is 0 Å². The van der Waals surface area contributed by atoms with Gasteiger partial charge in [-0.2, -0.15) is 0 Å². The summed E-state index contributed by atoms with van der Waals surface area (Å²) in [5.74, 6) is -1.08. The molecule has 11 nitrogen and oxygen atoms in total. The predicted octanol–water partition coefficient (Wildman–Crippen LogP) is -5.55. The van der Waals surface area contributed by atoms with Gasteiger partial charge in [-0.15, -0.1) is 0 Å². The molecule has 0 radical (unpaired) electrons. The summed E-state index contributed by atoms with van der Waals surface area (Å²) in [7, 11) is 0. The maximum Gasteiger partial charge on any atom is 0.189 e. The summed E-state index contributed by atoms with van der Waals surface area (Å²) in [5.41, 5.74) is 0. The number of Topliss-reactive ketones (excluding diaryl/α,β-unsaturated/α-hetero) is 1. The van der Waals surface area contributed by atoms with Crippen molar-refractivity contribution in [2.75, 3.05) is 19.8 Å². The van der Waals surface area contributed by atoms with Crippen LogP contribution >= 0.6 is 0 Å². The lowest BCUT2D eigenvalue weighted by Crippen LogP contribution is -2.59. The van der Waals surface area contributed by atoms with Crippen LogP contribution in [0.1, 0.15) is 0 Å². The predicted molar refractivity (Wildman–Crippen MR) is 69.8 cm³/mol. The molecule has 8 N–H and O–H groups in total. The van der Waals surface area contributed by atoms with Crippen LogP contribution in [0.3, 0.4) is 0 Å². The van der Waals surface area contributed by atoms with Gasteiger partial charge < -0.3 is 50.3 Å². The van der Waals surface area contributed by atoms with Crippen molar-refractivity contribution >= 4 is 5.78 Å². The Morgan fingerprint density at radius 2 is 1.65 bits per heavy atom. The average Bonchev–Trinajstić information content (AvgIpc) is 2.56. The molecule has 0 aromatic rings. The van der Waals surface area contributed by atoms with Crippen molar-refractivity contribution in [1.82, 2.24) is 0 Å². The Kier molecular flexibility index (Phi) is 7.89. The lowest BCUT2D eigenvalue weighted by molar-refractivity contribution is -0.299. The molecule has 1 aliphatic heterocycles. The fourth-order valence-corrected chi connectivity index (χ4v) is 1.96. The smallest absolute Gasteiger partial charge is 0.189 e. The molecular weight excluding hydrogens is 320 g/mol. The van der Waals surface area contributed by atoms with E-state index in [1.165, 1.54) is 0 Å². The van der Waals surface area contributed by atoms with Gasteiger partial charge in [-0.05, 0) is 0 Å². The van der Waals surface area contributed by atoms with Gasteiger partial charge in [0.05, 0.1) is 13.2 Å². The van der Waals surface area contributed by atoms with Crippen molar-refractivity contribution in [3.63, 3.8) is 0 Å². The van der Waals surface area contributed by atoms with Crippen LogP contribution in [0, 0.1) is 0 Å². The first kappa shape index (κ1) is 20.3. The molecule has 0 spiro atoms. The third-order valence-electron chi connectivity index (χ3n) is 3.47. The molecule has 0 aromatic carbocycles. The van der Waals surface area contributed by atoms with Gasteiger partial charge in [0, 0.05) is 0 Å². The third kappa shape index (κ3) is 4.87. The molecule has 0 bridgehead atoms. The number of aliphatic hydroxyl groups is 8. The number of aliphatic hydroxyl groups excluding tert-OH is 8. The van der Waals surface area contributed by atoms with E-state index in [0.29, 0.717) is 0 Å². The molecule has 0 amide bonds. The van der Waals surface area contributed by atoms with Gasteiger partial charge >= 0.3 is 0 Å². The van der Waals surface area contributed by atoms with E-state index in [0.717, 1.165) is 0 Å². The number of carbonyl (C=O) groups is 1. The lowest BCUT2D eigenvalue weighted by atomic mass is 9.99. The Morgan fingerprint density at radius 3 is 2.17 bits per heavy atom. The van der Waals surface area contributed by atoms with Crippen molar-refractivity contribution in [2.45, 2.75) is 49.0 Å². The Hall–Kier alpha value is -0.730. The highest BCUT2D eigenvalue weighted by Gasteiger charge is 2.44. The van der Waals surface area contributed by atoms with Gasteiger partial charge in [0.1, 0.15) is 49.3 Å². The highest BCUT2D eigenvalue weighted by molar-refractivity contribution is 5.84. The second-order valence-corrected chi connectivity index (χ2v) is 5.16. The van der Waals surface area contributed by atoms with E-state index in [1.54, 1.807) is 0 Å². The Labute approximate surface area is 130 Å². The van der Waals surface area contributed by atoms with Gasteiger partial charge in [0.2, 0.25) is 0 Å². The van der Waals surface area contributed by atoms with Gasteiger partial charge in [0.25, 0.3) is 0 Å². The zero-order valence-electron chi connectivity index (χ0n) is 12.0. The maximum absolute atomic E-state index is 11.6. The first-order chi connectivity index (χ1) is 10.7. The monoisotopic (exact) mass is 342 g/mol. The molecule has 23 heavy (non-hydrogen) atoms. The first-order valence-electron chi connectivity index (χ1n) is 6.84. The van der Waals surface area contributed by atoms with Crippen molar-refractivity contribution in [3.05, 3.63) is 0 Å². The Morgan fingerprint density at radius 1 is 1.04 bits per heavy atom. The summed E-state index contributed by atoms with van der Waals surface area (Å²) in [6.45, 7) is -2.42. The molecule has 0 aliphatic carbocycles. The molecule has 11 heteroatoms. The first-order valence-corrected chi connectivity index (χ1v) is 6.84. The SMILES string of the molecule is O=C(CO[C@@H]1O[C@H](CO)[C@@H](O)[C@H](O)[C@H]1O)C(O)C(O)C(O)CO. The zero-order chi connectivity index (χ0) is 17.7. The molecule has 8 atom stereocenters. The molecule has 1 fully saturated rings. The minimum Gasteiger partial charge on any atom is -0.394 e. The number of ether oxygens (including phenoxy) is 2. The van der Waals surface area contributed by atoms with Crippen LogP contribution in [-0.4, -0.2) is 115 Å². The molecule has 1 rings (SSSR count). The van der Waals surface area contributed by atoms with Crippen LogP contribution in [0.2, 0.25) is 0 Å². The third-order valence-corrected chi connectivity index (χ3v) is 3.47. The second kappa shape index (κ2) is 8.94. The van der Waals surface area contributed by atoms with E-state index in [-0.39, 0.29) is 0 Å². The van der Waals surface area contributed by atoms with Gasteiger partial charge in [-0.25, -0.2) is 0 Å². The number of hydrogen-bond donors (Lipinski definition) is 8. The van der Waals surface area contributed by atoms with E-state index in [2.05, 4.69) is 0 Å². The van der Waals surface area contributed by atoms with Crippen molar-refractivity contribution < 1.29 is 55.1 Å². The van der Waals surface area contributed by atoms with E-state index in [1.807, 2.05) is 0 Å².